The van der Waals surface area contributed by atoms with Crippen molar-refractivity contribution in [3.8, 4) is 0 Å². The maximum Gasteiger partial charge on any atom is 0.337 e. The Morgan fingerprint density at radius 3 is 2.58 bits per heavy atom. The van der Waals surface area contributed by atoms with Crippen molar-refractivity contribution in [1.29, 1.82) is 0 Å². The van der Waals surface area contributed by atoms with E-state index < -0.39 is 16.0 Å². The van der Waals surface area contributed by atoms with Crippen molar-refractivity contribution < 1.29 is 23.1 Å². The molecule has 1 heterocycles. The van der Waals surface area contributed by atoms with Gasteiger partial charge in [0.1, 0.15) is 0 Å². The van der Waals surface area contributed by atoms with Gasteiger partial charge in [-0.05, 0) is 12.1 Å². The van der Waals surface area contributed by atoms with Crippen LogP contribution < -0.4 is 0 Å². The number of carboxylic acid groups (broad SMARTS) is 1. The van der Waals surface area contributed by atoms with Crippen molar-refractivity contribution in [3.63, 3.8) is 0 Å². The molecule has 8 heteroatoms. The number of pyridine rings is 1. The molecule has 0 amide bonds. The van der Waals surface area contributed by atoms with E-state index in [1.807, 2.05) is 0 Å². The van der Waals surface area contributed by atoms with Gasteiger partial charge in [0.15, 0.2) is 5.03 Å². The zero-order chi connectivity index (χ0) is 14.5. The number of hydrogen-bond acceptors (Lipinski definition) is 5. The minimum atomic E-state index is -3.72. The van der Waals surface area contributed by atoms with Gasteiger partial charge in [0.2, 0.25) is 0 Å². The first kappa shape index (κ1) is 15.5. The van der Waals surface area contributed by atoms with E-state index in [9.17, 15) is 13.2 Å². The minimum Gasteiger partial charge on any atom is -0.478 e. The van der Waals surface area contributed by atoms with Crippen molar-refractivity contribution in [2.24, 2.45) is 0 Å². The van der Waals surface area contributed by atoms with Crippen molar-refractivity contribution in [1.82, 2.24) is 9.29 Å². The van der Waals surface area contributed by atoms with Crippen molar-refractivity contribution >= 4 is 16.0 Å². The molecule has 19 heavy (non-hydrogen) atoms. The van der Waals surface area contributed by atoms with Crippen LogP contribution in [0.3, 0.4) is 0 Å². The van der Waals surface area contributed by atoms with E-state index in [1.165, 1.54) is 23.5 Å². The van der Waals surface area contributed by atoms with E-state index in [1.54, 1.807) is 6.92 Å². The first-order chi connectivity index (χ1) is 8.93. The Kier molecular flexibility index (Phi) is 5.40. The third-order valence-electron chi connectivity index (χ3n) is 2.49. The Balaban J connectivity index is 3.01. The average Bonchev–Trinajstić information content (AvgIpc) is 2.39. The second-order valence-electron chi connectivity index (χ2n) is 3.68. The van der Waals surface area contributed by atoms with E-state index in [2.05, 4.69) is 4.98 Å². The number of nitrogens with zero attached hydrogens (tertiary/aromatic N) is 2. The van der Waals surface area contributed by atoms with Crippen LogP contribution in [0.1, 0.15) is 17.3 Å². The summed E-state index contributed by atoms with van der Waals surface area (Å²) in [6.45, 7) is 2.49. The van der Waals surface area contributed by atoms with Crippen LogP contribution in [0.2, 0.25) is 0 Å². The predicted molar refractivity (Wildman–Crippen MR) is 67.5 cm³/mol. The number of methoxy groups -OCH3 is 1. The lowest BCUT2D eigenvalue weighted by atomic mass is 10.3. The van der Waals surface area contributed by atoms with Crippen LogP contribution in [0.25, 0.3) is 0 Å². The fourth-order valence-corrected chi connectivity index (χ4v) is 2.78. The van der Waals surface area contributed by atoms with Crippen LogP contribution in [0.5, 0.6) is 0 Å². The van der Waals surface area contributed by atoms with Crippen LogP contribution in [-0.2, 0) is 14.8 Å². The molecular formula is C11H16N2O5S. The van der Waals surface area contributed by atoms with Crippen molar-refractivity contribution in [2.75, 3.05) is 26.8 Å². The molecule has 0 saturated carbocycles. The van der Waals surface area contributed by atoms with Crippen LogP contribution >= 0.6 is 0 Å². The van der Waals surface area contributed by atoms with E-state index in [-0.39, 0.29) is 30.3 Å². The van der Waals surface area contributed by atoms with Crippen LogP contribution in [0.4, 0.5) is 0 Å². The first-order valence-corrected chi connectivity index (χ1v) is 7.06. The zero-order valence-corrected chi connectivity index (χ0v) is 11.6. The van der Waals surface area contributed by atoms with Gasteiger partial charge >= 0.3 is 5.97 Å². The minimum absolute atomic E-state index is 0.0566. The molecule has 1 aromatic rings. The lowest BCUT2D eigenvalue weighted by Gasteiger charge is -2.19. The number of aromatic nitrogens is 1. The lowest BCUT2D eigenvalue weighted by Crippen LogP contribution is -2.34. The van der Waals surface area contributed by atoms with E-state index in [4.69, 9.17) is 9.84 Å². The smallest absolute Gasteiger partial charge is 0.337 e. The van der Waals surface area contributed by atoms with Gasteiger partial charge in [0.05, 0.1) is 12.2 Å². The molecule has 0 aliphatic carbocycles. The number of likely N-dealkylation sites (N-methyl/N-ethyl adjacent to an activating group) is 1. The predicted octanol–water partition coefficient (Wildman–Crippen LogP) is 0.437. The summed E-state index contributed by atoms with van der Waals surface area (Å²) in [6, 6.07) is 2.40. The van der Waals surface area contributed by atoms with E-state index in [0.29, 0.717) is 0 Å². The highest BCUT2D eigenvalue weighted by atomic mass is 32.2. The van der Waals surface area contributed by atoms with Crippen molar-refractivity contribution in [3.05, 3.63) is 23.9 Å². The second kappa shape index (κ2) is 6.60. The summed E-state index contributed by atoms with van der Waals surface area (Å²) in [5.41, 5.74) is -0.0566. The van der Waals surface area contributed by atoms with Gasteiger partial charge in [-0.2, -0.15) is 4.31 Å². The number of sulfonamides is 1. The van der Waals surface area contributed by atoms with Crippen LogP contribution in [-0.4, -0.2) is 55.6 Å². The van der Waals surface area contributed by atoms with Gasteiger partial charge in [-0.25, -0.2) is 18.2 Å². The van der Waals surface area contributed by atoms with Crippen LogP contribution in [0, 0.1) is 0 Å². The summed E-state index contributed by atoms with van der Waals surface area (Å²) in [6.07, 6.45) is 1.03. The Bertz CT molecular complexity index is 527. The number of ether oxygens (including phenoxy) is 1. The molecule has 7 nitrogen and oxygen atoms in total. The molecule has 0 saturated heterocycles. The number of aromatic carboxylic acids is 1. The Labute approximate surface area is 111 Å². The highest BCUT2D eigenvalue weighted by molar-refractivity contribution is 7.89. The summed E-state index contributed by atoms with van der Waals surface area (Å²) in [7, 11) is -2.23. The van der Waals surface area contributed by atoms with E-state index in [0.717, 1.165) is 6.20 Å². The molecule has 1 aromatic heterocycles. The highest BCUT2D eigenvalue weighted by Gasteiger charge is 2.24. The average molecular weight is 288 g/mol. The topological polar surface area (TPSA) is 96.8 Å². The van der Waals surface area contributed by atoms with Gasteiger partial charge < -0.3 is 9.84 Å². The quantitative estimate of drug-likeness (QED) is 0.782. The SMILES string of the molecule is CCN(CCOC)S(=O)(=O)c1ccc(C(=O)O)cn1. The van der Waals surface area contributed by atoms with E-state index >= 15 is 0 Å². The molecule has 0 aromatic carbocycles. The number of rotatable bonds is 7. The lowest BCUT2D eigenvalue weighted by molar-refractivity contribution is 0.0696. The number of carboxylic acids is 1. The van der Waals surface area contributed by atoms with Crippen molar-refractivity contribution in [2.45, 2.75) is 11.9 Å². The maximum absolute atomic E-state index is 12.2. The Morgan fingerprint density at radius 2 is 2.16 bits per heavy atom. The molecule has 0 radical (unpaired) electrons. The fourth-order valence-electron chi connectivity index (χ4n) is 1.43. The number of hydrogen-bond donors (Lipinski definition) is 1. The first-order valence-electron chi connectivity index (χ1n) is 5.62. The number of carbonyl (C=O) groups is 1. The molecule has 0 aliphatic heterocycles. The maximum atomic E-state index is 12.2. The second-order valence-corrected chi connectivity index (χ2v) is 5.56. The Morgan fingerprint density at radius 1 is 1.47 bits per heavy atom. The van der Waals surface area contributed by atoms with Gasteiger partial charge in [-0.3, -0.25) is 0 Å². The van der Waals surface area contributed by atoms with Gasteiger partial charge in [-0.1, -0.05) is 6.92 Å². The largest absolute Gasteiger partial charge is 0.478 e. The zero-order valence-electron chi connectivity index (χ0n) is 10.7. The van der Waals surface area contributed by atoms with Gasteiger partial charge in [0, 0.05) is 26.4 Å². The third kappa shape index (κ3) is 3.72. The molecule has 1 rings (SSSR count). The van der Waals surface area contributed by atoms with Gasteiger partial charge in [-0.15, -0.1) is 0 Å². The molecule has 0 spiro atoms. The fraction of sp³-hybridized carbons (Fsp3) is 0.455. The summed E-state index contributed by atoms with van der Waals surface area (Å²) in [5, 5.41) is 8.56. The van der Waals surface area contributed by atoms with Crippen LogP contribution in [0.15, 0.2) is 23.4 Å². The molecule has 1 N–H and O–H groups in total. The summed E-state index contributed by atoms with van der Waals surface area (Å²) in [5.74, 6) is -1.15. The molecule has 106 valence electrons. The molecule has 0 aliphatic rings. The molecule has 0 unspecified atom stereocenters. The van der Waals surface area contributed by atoms with Gasteiger partial charge in [0.25, 0.3) is 10.0 Å². The molecule has 0 atom stereocenters. The highest BCUT2D eigenvalue weighted by Crippen LogP contribution is 2.13. The standard InChI is InChI=1S/C11H16N2O5S/c1-3-13(6-7-18-2)19(16,17)10-5-4-9(8-12-10)11(14)15/h4-5,8H,3,6-7H2,1-2H3,(H,14,15). The molecule has 0 bridgehead atoms. The Hall–Kier alpha value is -1.51. The molecule has 0 fully saturated rings. The normalized spacial score (nSPS) is 11.7. The third-order valence-corrected chi connectivity index (χ3v) is 4.38. The summed E-state index contributed by atoms with van der Waals surface area (Å²) < 4.78 is 30.5. The summed E-state index contributed by atoms with van der Waals surface area (Å²) >= 11 is 0. The monoisotopic (exact) mass is 288 g/mol. The summed E-state index contributed by atoms with van der Waals surface area (Å²) in [4.78, 5) is 14.4. The molecular weight excluding hydrogens is 272 g/mol.